The second-order valence-corrected chi connectivity index (χ2v) is 15.5. The standard InChI is InChI=1S/C22H26N4.2C12H18O.Zn/c1-15-7-11-17(12-8-15)23-21-22(24-18-13-9-16(2)10-14-18)26-20-6-4-3-5-19(20)25-21;2*1-8(2)10-6-5-7-11(9(3)4)12(10)13;/h7-14,19-20H,3-6H2,1-2H3,(H,23,25)(H,24,26);2*5-9,13H,1-4H3;/t19-,20+;;;. The molecule has 2 atom stereocenters. The van der Waals surface area contributed by atoms with Crippen molar-refractivity contribution in [3.63, 3.8) is 0 Å². The SMILES string of the molecule is CC(C)c1cccc(C(C)C)c1O.CC(C)c1cccc(C(C)C)c1O.Cc1ccc(NC2=N[C@H]3CCCC[C@H]3N=C2Nc2ccc(C)cc2)cc1.[Zn]. The Morgan fingerprint density at radius 3 is 1.04 bits per heavy atom. The Hall–Kier alpha value is -3.96. The Morgan fingerprint density at radius 1 is 0.491 bits per heavy atom. The number of fused-ring (bicyclic) bond motifs is 1. The van der Waals surface area contributed by atoms with E-state index < -0.39 is 0 Å². The van der Waals surface area contributed by atoms with Gasteiger partial charge in [-0.25, -0.2) is 0 Å². The number of phenols is 2. The number of nitrogens with zero attached hydrogens (tertiary/aromatic N) is 2. The number of phenolic OH excluding ortho intramolecular Hbond substituents is 2. The largest absolute Gasteiger partial charge is 0.507 e. The fourth-order valence-electron chi connectivity index (χ4n) is 6.60. The molecule has 53 heavy (non-hydrogen) atoms. The van der Waals surface area contributed by atoms with Gasteiger partial charge in [-0.1, -0.05) is 140 Å². The van der Waals surface area contributed by atoms with E-state index >= 15 is 0 Å². The minimum Gasteiger partial charge on any atom is -0.507 e. The predicted octanol–water partition coefficient (Wildman–Crippen LogP) is 12.2. The number of aliphatic imine (C=N–C) groups is 2. The summed E-state index contributed by atoms with van der Waals surface area (Å²) in [7, 11) is 0. The summed E-state index contributed by atoms with van der Waals surface area (Å²) in [5.41, 5.74) is 8.78. The van der Waals surface area contributed by atoms with Gasteiger partial charge in [0.15, 0.2) is 11.7 Å². The molecule has 0 bridgehead atoms. The average Bonchev–Trinajstić information content (AvgIpc) is 3.10. The molecule has 2 aliphatic rings. The van der Waals surface area contributed by atoms with E-state index in [2.05, 4.69) is 128 Å². The van der Waals surface area contributed by atoms with Gasteiger partial charge in [0.1, 0.15) is 11.5 Å². The molecule has 0 radical (unpaired) electrons. The number of benzene rings is 4. The molecule has 0 spiro atoms. The molecule has 6 rings (SSSR count). The van der Waals surface area contributed by atoms with Crippen molar-refractivity contribution in [3.8, 4) is 11.5 Å². The summed E-state index contributed by atoms with van der Waals surface area (Å²) in [6.07, 6.45) is 4.76. The molecule has 1 saturated carbocycles. The molecule has 1 fully saturated rings. The van der Waals surface area contributed by atoms with Crippen LogP contribution in [0.3, 0.4) is 0 Å². The van der Waals surface area contributed by atoms with Crippen LogP contribution in [0.1, 0.15) is 138 Å². The summed E-state index contributed by atoms with van der Waals surface area (Å²) >= 11 is 0. The van der Waals surface area contributed by atoms with Crippen LogP contribution in [0.15, 0.2) is 94.9 Å². The van der Waals surface area contributed by atoms with Crippen molar-refractivity contribution < 1.29 is 29.7 Å². The zero-order valence-corrected chi connectivity index (χ0v) is 36.8. The van der Waals surface area contributed by atoms with E-state index in [9.17, 15) is 10.2 Å². The van der Waals surface area contributed by atoms with Crippen LogP contribution in [0.25, 0.3) is 0 Å². The maximum Gasteiger partial charge on any atom is 0.169 e. The van der Waals surface area contributed by atoms with Crippen molar-refractivity contribution >= 4 is 23.0 Å². The summed E-state index contributed by atoms with van der Waals surface area (Å²) in [4.78, 5) is 10.1. The molecular weight excluding hydrogens is 706 g/mol. The number of aryl methyl sites for hydroxylation is 2. The van der Waals surface area contributed by atoms with E-state index in [-0.39, 0.29) is 19.5 Å². The Balaban J connectivity index is 0.000000237. The number of hydrogen-bond donors (Lipinski definition) is 4. The van der Waals surface area contributed by atoms with Crippen molar-refractivity contribution in [3.05, 3.63) is 118 Å². The number of anilines is 2. The number of nitrogens with one attached hydrogen (secondary N) is 2. The molecule has 6 nitrogen and oxygen atoms in total. The van der Waals surface area contributed by atoms with Gasteiger partial charge in [-0.05, 0) is 96.9 Å². The van der Waals surface area contributed by atoms with Crippen LogP contribution in [0.2, 0.25) is 0 Å². The number of rotatable bonds is 6. The quantitative estimate of drug-likeness (QED) is 0.147. The number of aromatic hydroxyl groups is 2. The molecule has 0 unspecified atom stereocenters. The van der Waals surface area contributed by atoms with Crippen molar-refractivity contribution in [1.82, 2.24) is 0 Å². The molecule has 280 valence electrons. The van der Waals surface area contributed by atoms with Gasteiger partial charge in [0.25, 0.3) is 0 Å². The van der Waals surface area contributed by atoms with Crippen molar-refractivity contribution in [2.75, 3.05) is 10.6 Å². The Labute approximate surface area is 332 Å². The minimum atomic E-state index is 0. The topological polar surface area (TPSA) is 89.2 Å². The third-order valence-corrected chi connectivity index (χ3v) is 9.82. The summed E-state index contributed by atoms with van der Waals surface area (Å²) in [6, 6.07) is 29.4. The first-order valence-electron chi connectivity index (χ1n) is 19.2. The molecular formula is C46H62N4O2Zn. The third kappa shape index (κ3) is 12.3. The molecule has 0 aromatic heterocycles. The van der Waals surface area contributed by atoms with E-state index in [4.69, 9.17) is 9.98 Å². The molecule has 4 aromatic carbocycles. The van der Waals surface area contributed by atoms with Gasteiger partial charge in [0, 0.05) is 30.9 Å². The van der Waals surface area contributed by atoms with Gasteiger partial charge in [-0.15, -0.1) is 0 Å². The van der Waals surface area contributed by atoms with Crippen molar-refractivity contribution in [2.24, 2.45) is 9.98 Å². The Kier molecular flexibility index (Phi) is 16.8. The van der Waals surface area contributed by atoms with E-state index in [1.807, 2.05) is 36.4 Å². The van der Waals surface area contributed by atoms with Crippen LogP contribution in [-0.2, 0) is 19.5 Å². The number of para-hydroxylation sites is 2. The Bertz CT molecular complexity index is 1610. The first-order chi connectivity index (χ1) is 24.7. The smallest absolute Gasteiger partial charge is 0.169 e. The molecule has 0 amide bonds. The first kappa shape index (κ1) is 43.4. The molecule has 4 aromatic rings. The van der Waals surface area contributed by atoms with Crippen LogP contribution in [0.5, 0.6) is 11.5 Å². The fraction of sp³-hybridized carbons (Fsp3) is 0.435. The fourth-order valence-corrected chi connectivity index (χ4v) is 6.60. The molecule has 7 heteroatoms. The van der Waals surface area contributed by atoms with Gasteiger partial charge in [-0.3, -0.25) is 9.98 Å². The second-order valence-electron chi connectivity index (χ2n) is 15.5. The van der Waals surface area contributed by atoms with Crippen LogP contribution < -0.4 is 10.6 Å². The average molecular weight is 768 g/mol. The van der Waals surface area contributed by atoms with Gasteiger partial charge >= 0.3 is 0 Å². The van der Waals surface area contributed by atoms with Gasteiger partial charge in [0.2, 0.25) is 0 Å². The molecule has 1 heterocycles. The zero-order chi connectivity index (χ0) is 37.9. The molecule has 0 saturated heterocycles. The monoisotopic (exact) mass is 766 g/mol. The van der Waals surface area contributed by atoms with Crippen LogP contribution in [0, 0.1) is 13.8 Å². The second kappa shape index (κ2) is 20.5. The minimum absolute atomic E-state index is 0. The van der Waals surface area contributed by atoms with E-state index in [1.54, 1.807) is 0 Å². The van der Waals surface area contributed by atoms with Crippen LogP contribution in [-0.4, -0.2) is 34.0 Å². The molecule has 1 aliphatic heterocycles. The maximum absolute atomic E-state index is 9.93. The van der Waals surface area contributed by atoms with Crippen molar-refractivity contribution in [1.29, 1.82) is 0 Å². The van der Waals surface area contributed by atoms with Crippen LogP contribution >= 0.6 is 0 Å². The maximum atomic E-state index is 9.93. The van der Waals surface area contributed by atoms with E-state index in [0.717, 1.165) is 58.1 Å². The summed E-state index contributed by atoms with van der Waals surface area (Å²) < 4.78 is 0. The third-order valence-electron chi connectivity index (χ3n) is 9.82. The van der Waals surface area contributed by atoms with Gasteiger partial charge in [0.05, 0.1) is 12.1 Å². The number of hydrogen-bond acceptors (Lipinski definition) is 6. The summed E-state index contributed by atoms with van der Waals surface area (Å²) in [6.45, 7) is 21.0. The molecule has 4 N–H and O–H groups in total. The zero-order valence-electron chi connectivity index (χ0n) is 33.9. The predicted molar refractivity (Wildman–Crippen MR) is 223 cm³/mol. The van der Waals surface area contributed by atoms with E-state index in [0.29, 0.717) is 47.3 Å². The van der Waals surface area contributed by atoms with Gasteiger partial charge in [-0.2, -0.15) is 0 Å². The van der Waals surface area contributed by atoms with Crippen LogP contribution in [0.4, 0.5) is 11.4 Å². The molecule has 1 aliphatic carbocycles. The van der Waals surface area contributed by atoms with Gasteiger partial charge < -0.3 is 20.8 Å². The number of amidine groups is 2. The summed E-state index contributed by atoms with van der Waals surface area (Å²) in [5, 5.41) is 26.8. The van der Waals surface area contributed by atoms with Crippen molar-refractivity contribution in [2.45, 2.75) is 131 Å². The summed E-state index contributed by atoms with van der Waals surface area (Å²) in [5.74, 6) is 4.20. The first-order valence-corrected chi connectivity index (χ1v) is 19.2. The van der Waals surface area contributed by atoms with E-state index in [1.165, 1.54) is 24.0 Å². The Morgan fingerprint density at radius 2 is 0.774 bits per heavy atom. The normalized spacial score (nSPS) is 16.3.